The Morgan fingerprint density at radius 3 is 2.88 bits per heavy atom. The zero-order valence-corrected chi connectivity index (χ0v) is 9.40. The molecule has 0 aromatic heterocycles. The van der Waals surface area contributed by atoms with Gasteiger partial charge in [0.05, 0.1) is 6.61 Å². The van der Waals surface area contributed by atoms with Gasteiger partial charge in [-0.25, -0.2) is 4.39 Å². The molecule has 1 aliphatic heterocycles. The number of aliphatic hydroxyl groups is 1. The fourth-order valence-electron chi connectivity index (χ4n) is 2.32. The monoisotopic (exact) mass is 223 g/mol. The molecule has 1 unspecified atom stereocenters. The van der Waals surface area contributed by atoms with Crippen molar-refractivity contribution < 1.29 is 9.50 Å². The molecular formula is C13H18FNO. The first kappa shape index (κ1) is 11.6. The molecule has 0 spiro atoms. The minimum atomic E-state index is -0.148. The molecule has 1 aromatic carbocycles. The fraction of sp³-hybridized carbons (Fsp3) is 0.538. The molecule has 0 bridgehead atoms. The number of piperidine rings is 1. The van der Waals surface area contributed by atoms with Crippen molar-refractivity contribution in [3.63, 3.8) is 0 Å². The predicted octanol–water partition coefficient (Wildman–Crippen LogP) is 2.17. The van der Waals surface area contributed by atoms with Gasteiger partial charge in [0.15, 0.2) is 0 Å². The van der Waals surface area contributed by atoms with E-state index in [1.54, 1.807) is 6.07 Å². The minimum absolute atomic E-state index is 0.148. The molecule has 1 heterocycles. The van der Waals surface area contributed by atoms with E-state index < -0.39 is 0 Å². The third kappa shape index (κ3) is 2.60. The van der Waals surface area contributed by atoms with Gasteiger partial charge in [0, 0.05) is 18.2 Å². The number of hydrogen-bond donors (Lipinski definition) is 1. The van der Waals surface area contributed by atoms with Gasteiger partial charge >= 0.3 is 0 Å². The van der Waals surface area contributed by atoms with Crippen molar-refractivity contribution >= 4 is 0 Å². The van der Waals surface area contributed by atoms with Gasteiger partial charge in [-0.15, -0.1) is 0 Å². The molecule has 0 amide bonds. The maximum absolute atomic E-state index is 13.5. The van der Waals surface area contributed by atoms with Gasteiger partial charge in [0.25, 0.3) is 0 Å². The Balaban J connectivity index is 2.05. The van der Waals surface area contributed by atoms with Crippen LogP contribution < -0.4 is 0 Å². The largest absolute Gasteiger partial charge is 0.395 e. The molecule has 1 saturated heterocycles. The number of likely N-dealkylation sites (tertiary alicyclic amines) is 1. The fourth-order valence-corrected chi connectivity index (χ4v) is 2.32. The molecule has 1 N–H and O–H groups in total. The second kappa shape index (κ2) is 5.41. The van der Waals surface area contributed by atoms with E-state index in [0.717, 1.165) is 24.9 Å². The summed E-state index contributed by atoms with van der Waals surface area (Å²) in [7, 11) is 0. The first-order valence-electron chi connectivity index (χ1n) is 5.89. The molecule has 0 aliphatic carbocycles. The first-order valence-corrected chi connectivity index (χ1v) is 5.89. The molecule has 1 aromatic rings. The number of benzene rings is 1. The average molecular weight is 223 g/mol. The second-order valence-corrected chi connectivity index (χ2v) is 4.39. The molecule has 1 atom stereocenters. The van der Waals surface area contributed by atoms with Crippen LogP contribution in [0, 0.1) is 5.82 Å². The van der Waals surface area contributed by atoms with Crippen LogP contribution in [0.1, 0.15) is 24.8 Å². The lowest BCUT2D eigenvalue weighted by molar-refractivity contribution is 0.0832. The van der Waals surface area contributed by atoms with Crippen LogP contribution in [-0.2, 0) is 6.54 Å². The lowest BCUT2D eigenvalue weighted by Crippen LogP contribution is -2.41. The highest BCUT2D eigenvalue weighted by Gasteiger charge is 2.22. The van der Waals surface area contributed by atoms with Crippen molar-refractivity contribution in [1.29, 1.82) is 0 Å². The van der Waals surface area contributed by atoms with Gasteiger partial charge in [-0.1, -0.05) is 24.6 Å². The van der Waals surface area contributed by atoms with Crippen LogP contribution in [-0.4, -0.2) is 29.2 Å². The van der Waals surface area contributed by atoms with Gasteiger partial charge in [0.1, 0.15) is 5.82 Å². The molecule has 3 heteroatoms. The van der Waals surface area contributed by atoms with Crippen LogP contribution in [0.4, 0.5) is 4.39 Å². The van der Waals surface area contributed by atoms with Crippen LogP contribution in [0.15, 0.2) is 24.3 Å². The van der Waals surface area contributed by atoms with E-state index >= 15 is 0 Å². The zero-order valence-electron chi connectivity index (χ0n) is 9.40. The van der Waals surface area contributed by atoms with E-state index in [9.17, 15) is 9.50 Å². The number of nitrogens with zero attached hydrogens (tertiary/aromatic N) is 1. The van der Waals surface area contributed by atoms with Gasteiger partial charge < -0.3 is 5.11 Å². The minimum Gasteiger partial charge on any atom is -0.395 e. The van der Waals surface area contributed by atoms with Crippen LogP contribution >= 0.6 is 0 Å². The van der Waals surface area contributed by atoms with E-state index in [1.165, 1.54) is 12.5 Å². The Kier molecular flexibility index (Phi) is 3.91. The average Bonchev–Trinajstić information content (AvgIpc) is 2.33. The summed E-state index contributed by atoms with van der Waals surface area (Å²) in [4.78, 5) is 2.18. The van der Waals surface area contributed by atoms with E-state index in [1.807, 2.05) is 12.1 Å². The van der Waals surface area contributed by atoms with Crippen molar-refractivity contribution in [3.05, 3.63) is 35.6 Å². The Morgan fingerprint density at radius 1 is 1.31 bits per heavy atom. The van der Waals surface area contributed by atoms with Gasteiger partial charge in [0.2, 0.25) is 0 Å². The first-order chi connectivity index (χ1) is 7.81. The molecule has 88 valence electrons. The second-order valence-electron chi connectivity index (χ2n) is 4.39. The van der Waals surface area contributed by atoms with E-state index in [-0.39, 0.29) is 18.5 Å². The lowest BCUT2D eigenvalue weighted by atomic mass is 10.0. The molecule has 2 nitrogen and oxygen atoms in total. The van der Waals surface area contributed by atoms with Crippen molar-refractivity contribution in [2.45, 2.75) is 31.8 Å². The Labute approximate surface area is 95.7 Å². The molecule has 1 aliphatic rings. The van der Waals surface area contributed by atoms with E-state index in [4.69, 9.17) is 0 Å². The van der Waals surface area contributed by atoms with Crippen molar-refractivity contribution in [2.75, 3.05) is 13.2 Å². The summed E-state index contributed by atoms with van der Waals surface area (Å²) in [6, 6.07) is 7.08. The van der Waals surface area contributed by atoms with Crippen molar-refractivity contribution in [1.82, 2.24) is 4.90 Å². The van der Waals surface area contributed by atoms with Gasteiger partial charge in [-0.2, -0.15) is 0 Å². The van der Waals surface area contributed by atoms with Crippen LogP contribution in [0.25, 0.3) is 0 Å². The SMILES string of the molecule is OCC1CCCCN1Cc1ccccc1F. The van der Waals surface area contributed by atoms with E-state index in [0.29, 0.717) is 6.54 Å². The van der Waals surface area contributed by atoms with Crippen LogP contribution in [0.2, 0.25) is 0 Å². The smallest absolute Gasteiger partial charge is 0.127 e. The quantitative estimate of drug-likeness (QED) is 0.849. The number of hydrogen-bond acceptors (Lipinski definition) is 2. The number of aliphatic hydroxyl groups excluding tert-OH is 1. The van der Waals surface area contributed by atoms with Crippen LogP contribution in [0.5, 0.6) is 0 Å². The summed E-state index contributed by atoms with van der Waals surface area (Å²) in [5.41, 5.74) is 0.725. The Hall–Kier alpha value is -0.930. The Morgan fingerprint density at radius 2 is 2.12 bits per heavy atom. The van der Waals surface area contributed by atoms with Crippen molar-refractivity contribution in [3.8, 4) is 0 Å². The Bertz CT molecular complexity index is 342. The highest BCUT2D eigenvalue weighted by atomic mass is 19.1. The molecular weight excluding hydrogens is 205 g/mol. The van der Waals surface area contributed by atoms with E-state index in [2.05, 4.69) is 4.90 Å². The zero-order chi connectivity index (χ0) is 11.4. The lowest BCUT2D eigenvalue weighted by Gasteiger charge is -2.34. The van der Waals surface area contributed by atoms with Gasteiger partial charge in [-0.05, 0) is 25.5 Å². The molecule has 16 heavy (non-hydrogen) atoms. The number of halogens is 1. The standard InChI is InChI=1S/C13H18FNO/c14-13-7-2-1-5-11(13)9-15-8-4-3-6-12(15)10-16/h1-2,5,7,12,16H,3-4,6,8-10H2. The third-order valence-electron chi connectivity index (χ3n) is 3.29. The van der Waals surface area contributed by atoms with Crippen LogP contribution in [0.3, 0.4) is 0 Å². The summed E-state index contributed by atoms with van der Waals surface area (Å²) in [6.07, 6.45) is 3.33. The highest BCUT2D eigenvalue weighted by molar-refractivity contribution is 5.17. The topological polar surface area (TPSA) is 23.5 Å². The molecule has 0 radical (unpaired) electrons. The third-order valence-corrected chi connectivity index (χ3v) is 3.29. The van der Waals surface area contributed by atoms with Gasteiger partial charge in [-0.3, -0.25) is 4.90 Å². The summed E-state index contributed by atoms with van der Waals surface area (Å²) >= 11 is 0. The molecule has 0 saturated carbocycles. The van der Waals surface area contributed by atoms with Crippen molar-refractivity contribution in [2.24, 2.45) is 0 Å². The predicted molar refractivity (Wildman–Crippen MR) is 61.5 cm³/mol. The summed E-state index contributed by atoms with van der Waals surface area (Å²) in [5.74, 6) is -0.148. The molecule has 1 fully saturated rings. The summed E-state index contributed by atoms with van der Waals surface area (Å²) < 4.78 is 13.5. The number of rotatable bonds is 3. The normalized spacial score (nSPS) is 22.2. The maximum atomic E-state index is 13.5. The maximum Gasteiger partial charge on any atom is 0.127 e. The summed E-state index contributed by atoms with van der Waals surface area (Å²) in [5, 5.41) is 9.27. The molecule has 2 rings (SSSR count). The summed E-state index contributed by atoms with van der Waals surface area (Å²) in [6.45, 7) is 1.74. The highest BCUT2D eigenvalue weighted by Crippen LogP contribution is 2.20.